The van der Waals surface area contributed by atoms with E-state index in [0.29, 0.717) is 5.92 Å². The number of carbonyl (C=O) groups is 2. The van der Waals surface area contributed by atoms with Gasteiger partial charge in [0.25, 0.3) is 0 Å². The lowest BCUT2D eigenvalue weighted by Gasteiger charge is -2.33. The molecule has 1 amide bonds. The van der Waals surface area contributed by atoms with Crippen LogP contribution in [0, 0.1) is 5.92 Å². The van der Waals surface area contributed by atoms with Crippen molar-refractivity contribution in [3.63, 3.8) is 0 Å². The Morgan fingerprint density at radius 1 is 1.24 bits per heavy atom. The zero-order valence-electron chi connectivity index (χ0n) is 12.5. The number of amides is 1. The summed E-state index contributed by atoms with van der Waals surface area (Å²) in [6.45, 7) is 3.45. The third-order valence-electron chi connectivity index (χ3n) is 4.36. The number of benzene rings is 1. The molecule has 1 N–H and O–H groups in total. The maximum absolute atomic E-state index is 12.5. The van der Waals surface area contributed by atoms with Crippen LogP contribution in [-0.2, 0) is 9.59 Å². The van der Waals surface area contributed by atoms with Gasteiger partial charge in [-0.25, -0.2) is 0 Å². The molecule has 1 unspecified atom stereocenters. The summed E-state index contributed by atoms with van der Waals surface area (Å²) in [4.78, 5) is 25.0. The van der Waals surface area contributed by atoms with E-state index in [9.17, 15) is 9.59 Å². The molecule has 114 valence electrons. The molecular formula is C17H23NO3. The minimum Gasteiger partial charge on any atom is -0.481 e. The average Bonchev–Trinajstić information content (AvgIpc) is 2.53. The Morgan fingerprint density at radius 3 is 2.43 bits per heavy atom. The second kappa shape index (κ2) is 7.25. The van der Waals surface area contributed by atoms with Crippen molar-refractivity contribution in [2.24, 2.45) is 5.92 Å². The van der Waals surface area contributed by atoms with Crippen LogP contribution < -0.4 is 0 Å². The number of carboxylic acid groups (broad SMARTS) is 1. The molecule has 0 radical (unpaired) electrons. The standard InChI is InChI=1S/C17H23NO3/c1-13(15-5-3-2-4-6-15)17(21)18-11-9-14(10-12-18)7-8-16(19)20/h2-6,13-14H,7-12H2,1H3,(H,19,20). The Morgan fingerprint density at radius 2 is 1.86 bits per heavy atom. The van der Waals surface area contributed by atoms with Gasteiger partial charge >= 0.3 is 5.97 Å². The summed E-state index contributed by atoms with van der Waals surface area (Å²) in [5.41, 5.74) is 1.05. The van der Waals surface area contributed by atoms with E-state index in [1.165, 1.54) is 0 Å². The molecule has 0 spiro atoms. The van der Waals surface area contributed by atoms with E-state index in [-0.39, 0.29) is 18.2 Å². The summed E-state index contributed by atoms with van der Waals surface area (Å²) >= 11 is 0. The molecule has 1 fully saturated rings. The van der Waals surface area contributed by atoms with Gasteiger partial charge in [-0.1, -0.05) is 30.3 Å². The largest absolute Gasteiger partial charge is 0.481 e. The van der Waals surface area contributed by atoms with Gasteiger partial charge in [-0.2, -0.15) is 0 Å². The van der Waals surface area contributed by atoms with E-state index in [2.05, 4.69) is 0 Å². The van der Waals surface area contributed by atoms with Gasteiger partial charge < -0.3 is 10.0 Å². The van der Waals surface area contributed by atoms with Gasteiger partial charge in [-0.3, -0.25) is 9.59 Å². The van der Waals surface area contributed by atoms with Gasteiger partial charge in [0.1, 0.15) is 0 Å². The minimum absolute atomic E-state index is 0.109. The molecule has 1 aromatic rings. The first-order valence-electron chi connectivity index (χ1n) is 7.63. The Labute approximate surface area is 125 Å². The fraction of sp³-hybridized carbons (Fsp3) is 0.529. The van der Waals surface area contributed by atoms with Gasteiger partial charge in [0.15, 0.2) is 0 Å². The number of piperidine rings is 1. The molecule has 2 rings (SSSR count). The number of rotatable bonds is 5. The summed E-state index contributed by atoms with van der Waals surface area (Å²) in [5, 5.41) is 8.72. The monoisotopic (exact) mass is 289 g/mol. The topological polar surface area (TPSA) is 57.6 Å². The Kier molecular flexibility index (Phi) is 5.37. The molecule has 0 aliphatic carbocycles. The van der Waals surface area contributed by atoms with E-state index in [4.69, 9.17) is 5.11 Å². The van der Waals surface area contributed by atoms with Crippen molar-refractivity contribution in [2.45, 2.75) is 38.5 Å². The SMILES string of the molecule is CC(C(=O)N1CCC(CCC(=O)O)CC1)c1ccccc1. The lowest BCUT2D eigenvalue weighted by atomic mass is 9.91. The number of carboxylic acids is 1. The van der Waals surface area contributed by atoms with Gasteiger partial charge in [0.2, 0.25) is 5.91 Å². The molecular weight excluding hydrogens is 266 g/mol. The maximum atomic E-state index is 12.5. The summed E-state index contributed by atoms with van der Waals surface area (Å²) in [6.07, 6.45) is 2.80. The van der Waals surface area contributed by atoms with Crippen molar-refractivity contribution in [2.75, 3.05) is 13.1 Å². The number of likely N-dealkylation sites (tertiary alicyclic amines) is 1. The van der Waals surface area contributed by atoms with Crippen LogP contribution in [0.1, 0.15) is 44.1 Å². The number of aliphatic carboxylic acids is 1. The summed E-state index contributed by atoms with van der Waals surface area (Å²) in [5.74, 6) is -0.219. The van der Waals surface area contributed by atoms with Gasteiger partial charge in [-0.05, 0) is 37.7 Å². The van der Waals surface area contributed by atoms with Crippen LogP contribution in [0.25, 0.3) is 0 Å². The lowest BCUT2D eigenvalue weighted by Crippen LogP contribution is -2.40. The lowest BCUT2D eigenvalue weighted by molar-refractivity contribution is -0.138. The Bertz CT molecular complexity index is 478. The zero-order chi connectivity index (χ0) is 15.2. The van der Waals surface area contributed by atoms with Crippen LogP contribution in [0.15, 0.2) is 30.3 Å². The zero-order valence-corrected chi connectivity index (χ0v) is 12.5. The average molecular weight is 289 g/mol. The molecule has 21 heavy (non-hydrogen) atoms. The molecule has 4 nitrogen and oxygen atoms in total. The van der Waals surface area contributed by atoms with Gasteiger partial charge in [-0.15, -0.1) is 0 Å². The molecule has 1 atom stereocenters. The van der Waals surface area contributed by atoms with Crippen molar-refractivity contribution in [1.29, 1.82) is 0 Å². The van der Waals surface area contributed by atoms with Crippen molar-refractivity contribution < 1.29 is 14.7 Å². The molecule has 1 aromatic carbocycles. The highest BCUT2D eigenvalue weighted by Crippen LogP contribution is 2.25. The van der Waals surface area contributed by atoms with Crippen LogP contribution >= 0.6 is 0 Å². The van der Waals surface area contributed by atoms with Gasteiger partial charge in [0, 0.05) is 19.5 Å². The van der Waals surface area contributed by atoms with Crippen molar-refractivity contribution in [1.82, 2.24) is 4.90 Å². The third-order valence-corrected chi connectivity index (χ3v) is 4.36. The van der Waals surface area contributed by atoms with Crippen molar-refractivity contribution in [3.05, 3.63) is 35.9 Å². The predicted octanol–water partition coefficient (Wildman–Crippen LogP) is 2.89. The molecule has 1 saturated heterocycles. The second-order valence-corrected chi connectivity index (χ2v) is 5.83. The highest BCUT2D eigenvalue weighted by Gasteiger charge is 2.26. The first kappa shape index (κ1) is 15.5. The number of hydrogen-bond acceptors (Lipinski definition) is 2. The molecule has 1 aliphatic heterocycles. The molecule has 0 aromatic heterocycles. The smallest absolute Gasteiger partial charge is 0.303 e. The van der Waals surface area contributed by atoms with Crippen LogP contribution in [-0.4, -0.2) is 35.0 Å². The molecule has 0 bridgehead atoms. The summed E-state index contributed by atoms with van der Waals surface area (Å²) < 4.78 is 0. The Balaban J connectivity index is 1.84. The fourth-order valence-corrected chi connectivity index (χ4v) is 2.93. The summed E-state index contributed by atoms with van der Waals surface area (Å²) in [7, 11) is 0. The summed E-state index contributed by atoms with van der Waals surface area (Å²) in [6, 6.07) is 9.84. The molecule has 4 heteroatoms. The predicted molar refractivity (Wildman–Crippen MR) is 81.0 cm³/mol. The van der Waals surface area contributed by atoms with E-state index in [1.54, 1.807) is 0 Å². The first-order valence-corrected chi connectivity index (χ1v) is 7.63. The number of hydrogen-bond donors (Lipinski definition) is 1. The van der Waals surface area contributed by atoms with Crippen LogP contribution in [0.5, 0.6) is 0 Å². The van der Waals surface area contributed by atoms with Gasteiger partial charge in [0.05, 0.1) is 5.92 Å². The molecule has 1 heterocycles. The maximum Gasteiger partial charge on any atom is 0.303 e. The normalized spacial score (nSPS) is 17.5. The van der Waals surface area contributed by atoms with Crippen LogP contribution in [0.3, 0.4) is 0 Å². The van der Waals surface area contributed by atoms with E-state index < -0.39 is 5.97 Å². The highest BCUT2D eigenvalue weighted by atomic mass is 16.4. The Hall–Kier alpha value is -1.84. The van der Waals surface area contributed by atoms with E-state index >= 15 is 0 Å². The van der Waals surface area contributed by atoms with Crippen molar-refractivity contribution >= 4 is 11.9 Å². The molecule has 0 saturated carbocycles. The van der Waals surface area contributed by atoms with E-state index in [1.807, 2.05) is 42.2 Å². The quantitative estimate of drug-likeness (QED) is 0.906. The minimum atomic E-state index is -0.730. The fourth-order valence-electron chi connectivity index (χ4n) is 2.93. The molecule has 1 aliphatic rings. The number of nitrogens with zero attached hydrogens (tertiary/aromatic N) is 1. The van der Waals surface area contributed by atoms with Crippen LogP contribution in [0.4, 0.5) is 0 Å². The van der Waals surface area contributed by atoms with E-state index in [0.717, 1.165) is 37.9 Å². The third kappa shape index (κ3) is 4.31. The number of carbonyl (C=O) groups excluding carboxylic acids is 1. The second-order valence-electron chi connectivity index (χ2n) is 5.83. The van der Waals surface area contributed by atoms with Crippen LogP contribution in [0.2, 0.25) is 0 Å². The first-order chi connectivity index (χ1) is 10.1. The van der Waals surface area contributed by atoms with Crippen molar-refractivity contribution in [3.8, 4) is 0 Å². The highest BCUT2D eigenvalue weighted by molar-refractivity contribution is 5.83.